The largest absolute Gasteiger partial charge is 0.327 e. The summed E-state index contributed by atoms with van der Waals surface area (Å²) >= 11 is 0. The van der Waals surface area contributed by atoms with Crippen molar-refractivity contribution < 1.29 is 0 Å². The molecule has 0 aliphatic carbocycles. The number of hydrogen-bond donors (Lipinski definition) is 1. The first-order valence-corrected chi connectivity index (χ1v) is 4.18. The van der Waals surface area contributed by atoms with Gasteiger partial charge in [-0.25, -0.2) is 0 Å². The first-order chi connectivity index (χ1) is 5.20. The summed E-state index contributed by atoms with van der Waals surface area (Å²) < 4.78 is 0. The molecular formula is C10H19N. The van der Waals surface area contributed by atoms with Crippen LogP contribution in [0.5, 0.6) is 0 Å². The van der Waals surface area contributed by atoms with Crippen LogP contribution in [-0.2, 0) is 0 Å². The van der Waals surface area contributed by atoms with Crippen molar-refractivity contribution in [3.63, 3.8) is 0 Å². The smallest absolute Gasteiger partial charge is 0.0134 e. The van der Waals surface area contributed by atoms with Crippen LogP contribution in [0, 0.1) is 0 Å². The molecule has 0 saturated heterocycles. The fourth-order valence-corrected chi connectivity index (χ4v) is 0.774. The van der Waals surface area contributed by atoms with Gasteiger partial charge >= 0.3 is 0 Å². The highest BCUT2D eigenvalue weighted by atomic mass is 14.5. The third kappa shape index (κ3) is 5.86. The van der Waals surface area contributed by atoms with Crippen molar-refractivity contribution in [2.45, 2.75) is 33.6 Å². The number of rotatable bonds is 4. The van der Waals surface area contributed by atoms with E-state index in [1.165, 1.54) is 11.1 Å². The maximum atomic E-state index is 5.44. The summed E-state index contributed by atoms with van der Waals surface area (Å²) in [6.45, 7) is 7.00. The zero-order chi connectivity index (χ0) is 8.69. The molecule has 1 heteroatoms. The van der Waals surface area contributed by atoms with E-state index in [2.05, 4.69) is 32.9 Å². The van der Waals surface area contributed by atoms with Crippen LogP contribution in [0.1, 0.15) is 33.6 Å². The van der Waals surface area contributed by atoms with E-state index in [0.717, 1.165) is 12.8 Å². The lowest BCUT2D eigenvalue weighted by atomic mass is 10.1. The third-order valence-corrected chi connectivity index (χ3v) is 1.85. The highest BCUT2D eigenvalue weighted by molar-refractivity contribution is 5.03. The van der Waals surface area contributed by atoms with E-state index in [-0.39, 0.29) is 0 Å². The predicted molar refractivity (Wildman–Crippen MR) is 51.5 cm³/mol. The molecule has 0 bridgehead atoms. The van der Waals surface area contributed by atoms with Crippen molar-refractivity contribution in [1.82, 2.24) is 0 Å². The maximum absolute atomic E-state index is 5.44. The molecule has 0 aromatic heterocycles. The predicted octanol–water partition coefficient (Wildman–Crippen LogP) is 2.64. The second kappa shape index (κ2) is 6.17. The zero-order valence-corrected chi connectivity index (χ0v) is 7.85. The van der Waals surface area contributed by atoms with Gasteiger partial charge in [0.25, 0.3) is 0 Å². The summed E-state index contributed by atoms with van der Waals surface area (Å²) in [4.78, 5) is 0. The Bertz CT molecular complexity index is 154. The Labute approximate surface area is 70.0 Å². The zero-order valence-electron chi connectivity index (χ0n) is 7.85. The average molecular weight is 153 g/mol. The first-order valence-electron chi connectivity index (χ1n) is 4.18. The Morgan fingerprint density at radius 1 is 1.27 bits per heavy atom. The summed E-state index contributed by atoms with van der Waals surface area (Å²) in [6, 6.07) is 0. The van der Waals surface area contributed by atoms with Gasteiger partial charge in [-0.05, 0) is 33.6 Å². The Hall–Kier alpha value is -0.560. The van der Waals surface area contributed by atoms with Crippen LogP contribution in [0.3, 0.4) is 0 Å². The van der Waals surface area contributed by atoms with Crippen LogP contribution >= 0.6 is 0 Å². The number of nitrogens with two attached hydrogens (primary N) is 1. The molecule has 0 spiro atoms. The fraction of sp³-hybridized carbons (Fsp3) is 0.600. The highest BCUT2D eigenvalue weighted by Gasteiger charge is 1.87. The number of allylic oxidation sites excluding steroid dienone is 3. The van der Waals surface area contributed by atoms with Gasteiger partial charge in [0.1, 0.15) is 0 Å². The van der Waals surface area contributed by atoms with Crippen molar-refractivity contribution >= 4 is 0 Å². The third-order valence-electron chi connectivity index (χ3n) is 1.85. The molecule has 2 N–H and O–H groups in total. The van der Waals surface area contributed by atoms with Gasteiger partial charge in [0.05, 0.1) is 0 Å². The van der Waals surface area contributed by atoms with E-state index >= 15 is 0 Å². The molecule has 0 heterocycles. The van der Waals surface area contributed by atoms with Crippen LogP contribution in [0.25, 0.3) is 0 Å². The maximum Gasteiger partial charge on any atom is 0.0134 e. The lowest BCUT2D eigenvalue weighted by molar-refractivity contribution is 0.954. The Morgan fingerprint density at radius 3 is 2.36 bits per heavy atom. The van der Waals surface area contributed by atoms with E-state index in [1.54, 1.807) is 0 Å². The quantitative estimate of drug-likeness (QED) is 0.617. The Morgan fingerprint density at radius 2 is 1.91 bits per heavy atom. The van der Waals surface area contributed by atoms with Gasteiger partial charge in [-0.15, -0.1) is 0 Å². The normalized spacial score (nSPS) is 13.8. The van der Waals surface area contributed by atoms with Gasteiger partial charge in [-0.1, -0.05) is 23.3 Å². The van der Waals surface area contributed by atoms with Crippen molar-refractivity contribution in [2.24, 2.45) is 5.73 Å². The summed E-state index contributed by atoms with van der Waals surface area (Å²) in [5, 5.41) is 0. The summed E-state index contributed by atoms with van der Waals surface area (Å²) in [5.74, 6) is 0. The van der Waals surface area contributed by atoms with Crippen molar-refractivity contribution in [1.29, 1.82) is 0 Å². The van der Waals surface area contributed by atoms with E-state index in [4.69, 9.17) is 5.73 Å². The van der Waals surface area contributed by atoms with E-state index in [1.807, 2.05) is 0 Å². The molecule has 0 aliphatic heterocycles. The van der Waals surface area contributed by atoms with Gasteiger partial charge in [0.2, 0.25) is 0 Å². The van der Waals surface area contributed by atoms with E-state index in [0.29, 0.717) is 6.54 Å². The molecule has 11 heavy (non-hydrogen) atoms. The van der Waals surface area contributed by atoms with Crippen LogP contribution in [0.15, 0.2) is 23.3 Å². The standard InChI is InChI=1S/C10H19N/c1-4-9(2)6-5-7-10(3)8-11/h4,7H,5-6,8,11H2,1-3H3/b9-4+,10-7+. The Kier molecular flexibility index (Phi) is 5.86. The lowest BCUT2D eigenvalue weighted by Gasteiger charge is -1.97. The van der Waals surface area contributed by atoms with Crippen LogP contribution in [-0.4, -0.2) is 6.54 Å². The summed E-state index contributed by atoms with van der Waals surface area (Å²) in [5.41, 5.74) is 8.17. The minimum Gasteiger partial charge on any atom is -0.327 e. The molecule has 0 unspecified atom stereocenters. The van der Waals surface area contributed by atoms with Gasteiger partial charge < -0.3 is 5.73 Å². The van der Waals surface area contributed by atoms with E-state index < -0.39 is 0 Å². The highest BCUT2D eigenvalue weighted by Crippen LogP contribution is 2.05. The molecule has 0 aromatic carbocycles. The van der Waals surface area contributed by atoms with E-state index in [9.17, 15) is 0 Å². The molecule has 0 fully saturated rings. The molecule has 0 saturated carbocycles. The van der Waals surface area contributed by atoms with Gasteiger partial charge in [0.15, 0.2) is 0 Å². The van der Waals surface area contributed by atoms with Gasteiger partial charge in [0, 0.05) is 6.54 Å². The van der Waals surface area contributed by atoms with Crippen LogP contribution in [0.4, 0.5) is 0 Å². The van der Waals surface area contributed by atoms with Crippen molar-refractivity contribution in [2.75, 3.05) is 6.54 Å². The van der Waals surface area contributed by atoms with Crippen LogP contribution in [0.2, 0.25) is 0 Å². The molecule has 0 rings (SSSR count). The first kappa shape index (κ1) is 10.4. The van der Waals surface area contributed by atoms with Crippen LogP contribution < -0.4 is 5.73 Å². The molecule has 0 aliphatic rings. The Balaban J connectivity index is 3.56. The molecule has 0 atom stereocenters. The summed E-state index contributed by atoms with van der Waals surface area (Å²) in [7, 11) is 0. The van der Waals surface area contributed by atoms with Gasteiger partial charge in [-0.3, -0.25) is 0 Å². The molecule has 0 radical (unpaired) electrons. The van der Waals surface area contributed by atoms with Gasteiger partial charge in [-0.2, -0.15) is 0 Å². The molecule has 1 nitrogen and oxygen atoms in total. The van der Waals surface area contributed by atoms with Crippen molar-refractivity contribution in [3.8, 4) is 0 Å². The molecular weight excluding hydrogens is 134 g/mol. The second-order valence-electron chi connectivity index (χ2n) is 2.93. The average Bonchev–Trinajstić information content (AvgIpc) is 2.04. The monoisotopic (exact) mass is 153 g/mol. The second-order valence-corrected chi connectivity index (χ2v) is 2.93. The topological polar surface area (TPSA) is 26.0 Å². The minimum atomic E-state index is 0.689. The summed E-state index contributed by atoms with van der Waals surface area (Å²) in [6.07, 6.45) is 6.66. The lowest BCUT2D eigenvalue weighted by Crippen LogP contribution is -1.99. The SMILES string of the molecule is C/C=C(\C)CC/C=C(\C)CN. The number of hydrogen-bond acceptors (Lipinski definition) is 1. The fourth-order valence-electron chi connectivity index (χ4n) is 0.774. The molecule has 64 valence electrons. The molecule has 0 aromatic rings. The minimum absolute atomic E-state index is 0.689. The molecule has 0 amide bonds. The van der Waals surface area contributed by atoms with Crippen molar-refractivity contribution in [3.05, 3.63) is 23.3 Å².